The van der Waals surface area contributed by atoms with E-state index in [1.54, 1.807) is 0 Å². The zero-order valence-electron chi connectivity index (χ0n) is 11.6. The highest BCUT2D eigenvalue weighted by molar-refractivity contribution is 5.75. The van der Waals surface area contributed by atoms with Crippen LogP contribution >= 0.6 is 0 Å². The number of hydrogen-bond donors (Lipinski definition) is 2. The minimum Gasteiger partial charge on any atom is -0.382 e. The van der Waals surface area contributed by atoms with Crippen LogP contribution in [0.3, 0.4) is 0 Å². The van der Waals surface area contributed by atoms with E-state index < -0.39 is 0 Å². The Bertz CT molecular complexity index is 184. The van der Waals surface area contributed by atoms with Gasteiger partial charge in [0.15, 0.2) is 0 Å². The van der Waals surface area contributed by atoms with Gasteiger partial charge in [0.05, 0.1) is 0 Å². The minimum absolute atomic E-state index is 0.140. The van der Waals surface area contributed by atoms with Gasteiger partial charge in [-0.25, -0.2) is 0 Å². The van der Waals surface area contributed by atoms with Gasteiger partial charge in [-0.2, -0.15) is 0 Å². The van der Waals surface area contributed by atoms with Gasteiger partial charge in [-0.05, 0) is 32.7 Å². The summed E-state index contributed by atoms with van der Waals surface area (Å²) in [6.07, 6.45) is 3.53. The van der Waals surface area contributed by atoms with E-state index in [1.165, 1.54) is 0 Å². The molecule has 0 aromatic rings. The third-order valence-electron chi connectivity index (χ3n) is 2.37. The summed E-state index contributed by atoms with van der Waals surface area (Å²) >= 11 is 0. The summed E-state index contributed by atoms with van der Waals surface area (Å²) in [7, 11) is 0. The van der Waals surface area contributed by atoms with Crippen molar-refractivity contribution in [1.82, 2.24) is 10.6 Å². The van der Waals surface area contributed by atoms with E-state index in [1.807, 2.05) is 6.92 Å². The van der Waals surface area contributed by atoms with Crippen LogP contribution in [-0.4, -0.2) is 38.3 Å². The molecule has 102 valence electrons. The van der Waals surface area contributed by atoms with Crippen LogP contribution in [0.2, 0.25) is 0 Å². The first kappa shape index (κ1) is 16.4. The fourth-order valence-corrected chi connectivity index (χ4v) is 1.44. The average molecular weight is 244 g/mol. The number of unbranched alkanes of at least 4 members (excludes halogenated alkanes) is 1. The molecule has 1 amide bonds. The molecule has 4 heteroatoms. The van der Waals surface area contributed by atoms with Crippen LogP contribution in [0, 0.1) is 0 Å². The predicted octanol–water partition coefficient (Wildman–Crippen LogP) is 1.70. The Labute approximate surface area is 105 Å². The van der Waals surface area contributed by atoms with E-state index in [0.29, 0.717) is 19.1 Å². The number of carbonyl (C=O) groups is 1. The summed E-state index contributed by atoms with van der Waals surface area (Å²) in [5.74, 6) is 0.140. The molecule has 17 heavy (non-hydrogen) atoms. The summed E-state index contributed by atoms with van der Waals surface area (Å²) in [4.78, 5) is 11.4. The molecule has 0 fully saturated rings. The van der Waals surface area contributed by atoms with Crippen LogP contribution in [0.1, 0.15) is 46.5 Å². The van der Waals surface area contributed by atoms with E-state index in [4.69, 9.17) is 4.74 Å². The van der Waals surface area contributed by atoms with Crippen molar-refractivity contribution >= 4 is 5.91 Å². The smallest absolute Gasteiger partial charge is 0.220 e. The average Bonchev–Trinajstić information content (AvgIpc) is 2.29. The highest BCUT2D eigenvalue weighted by atomic mass is 16.5. The molecule has 0 radical (unpaired) electrons. The van der Waals surface area contributed by atoms with Gasteiger partial charge in [-0.15, -0.1) is 0 Å². The van der Waals surface area contributed by atoms with Crippen LogP contribution in [0.5, 0.6) is 0 Å². The van der Waals surface area contributed by atoms with Gasteiger partial charge in [0.1, 0.15) is 0 Å². The van der Waals surface area contributed by atoms with Crippen LogP contribution < -0.4 is 10.6 Å². The third-order valence-corrected chi connectivity index (χ3v) is 2.37. The maximum absolute atomic E-state index is 11.4. The van der Waals surface area contributed by atoms with E-state index in [0.717, 1.165) is 39.0 Å². The molecule has 0 atom stereocenters. The highest BCUT2D eigenvalue weighted by Crippen LogP contribution is 1.91. The Morgan fingerprint density at radius 1 is 1.18 bits per heavy atom. The number of ether oxygens (including phenoxy) is 1. The molecular weight excluding hydrogens is 216 g/mol. The molecule has 0 saturated carbocycles. The Kier molecular flexibility index (Phi) is 11.4. The molecule has 2 N–H and O–H groups in total. The van der Waals surface area contributed by atoms with Gasteiger partial charge in [-0.1, -0.05) is 13.8 Å². The van der Waals surface area contributed by atoms with Gasteiger partial charge >= 0.3 is 0 Å². The quantitative estimate of drug-likeness (QED) is 0.544. The van der Waals surface area contributed by atoms with Gasteiger partial charge in [-0.3, -0.25) is 4.79 Å². The first-order valence-electron chi connectivity index (χ1n) is 6.74. The molecule has 0 aromatic heterocycles. The number of carbonyl (C=O) groups excluding carboxylic acids is 1. The normalized spacial score (nSPS) is 10.8. The van der Waals surface area contributed by atoms with E-state index >= 15 is 0 Å². The number of amides is 1. The van der Waals surface area contributed by atoms with Gasteiger partial charge in [0.25, 0.3) is 0 Å². The monoisotopic (exact) mass is 244 g/mol. The van der Waals surface area contributed by atoms with Crippen molar-refractivity contribution in [3.63, 3.8) is 0 Å². The molecule has 0 aromatic carbocycles. The van der Waals surface area contributed by atoms with Gasteiger partial charge in [0, 0.05) is 32.2 Å². The topological polar surface area (TPSA) is 50.4 Å². The second-order valence-electron chi connectivity index (χ2n) is 4.47. The molecule has 0 aliphatic heterocycles. The second-order valence-corrected chi connectivity index (χ2v) is 4.47. The lowest BCUT2D eigenvalue weighted by Crippen LogP contribution is -2.27. The molecule has 0 unspecified atom stereocenters. The van der Waals surface area contributed by atoms with Crippen LogP contribution in [0.25, 0.3) is 0 Å². The van der Waals surface area contributed by atoms with Crippen molar-refractivity contribution in [1.29, 1.82) is 0 Å². The summed E-state index contributed by atoms with van der Waals surface area (Å²) in [6.45, 7) is 9.46. The SMILES string of the molecule is CCOCCCC(=O)NCCCCNC(C)C. The molecule has 0 rings (SSSR count). The van der Waals surface area contributed by atoms with Crippen molar-refractivity contribution < 1.29 is 9.53 Å². The van der Waals surface area contributed by atoms with Crippen LogP contribution in [0.4, 0.5) is 0 Å². The van der Waals surface area contributed by atoms with Crippen molar-refractivity contribution in [3.8, 4) is 0 Å². The Morgan fingerprint density at radius 3 is 2.53 bits per heavy atom. The lowest BCUT2D eigenvalue weighted by atomic mass is 10.2. The lowest BCUT2D eigenvalue weighted by molar-refractivity contribution is -0.121. The predicted molar refractivity (Wildman–Crippen MR) is 71.1 cm³/mol. The fraction of sp³-hybridized carbons (Fsp3) is 0.923. The maximum Gasteiger partial charge on any atom is 0.220 e. The second kappa shape index (κ2) is 11.9. The highest BCUT2D eigenvalue weighted by Gasteiger charge is 2.00. The molecular formula is C13H28N2O2. The van der Waals surface area contributed by atoms with Crippen LogP contribution in [0.15, 0.2) is 0 Å². The van der Waals surface area contributed by atoms with Crippen LogP contribution in [-0.2, 0) is 9.53 Å². The van der Waals surface area contributed by atoms with Gasteiger partial charge in [0.2, 0.25) is 5.91 Å². The summed E-state index contributed by atoms with van der Waals surface area (Å²) in [6, 6.07) is 0.545. The standard InChI is InChI=1S/C13H28N2O2/c1-4-17-11-7-8-13(16)15-10-6-5-9-14-12(2)3/h12,14H,4-11H2,1-3H3,(H,15,16). The minimum atomic E-state index is 0.140. The first-order valence-corrected chi connectivity index (χ1v) is 6.74. The number of nitrogens with one attached hydrogen (secondary N) is 2. The van der Waals surface area contributed by atoms with Gasteiger partial charge < -0.3 is 15.4 Å². The molecule has 0 bridgehead atoms. The Hall–Kier alpha value is -0.610. The summed E-state index contributed by atoms with van der Waals surface area (Å²) in [5, 5.41) is 6.28. The maximum atomic E-state index is 11.4. The summed E-state index contributed by atoms with van der Waals surface area (Å²) < 4.78 is 5.18. The number of hydrogen-bond acceptors (Lipinski definition) is 3. The van der Waals surface area contributed by atoms with Crippen molar-refractivity contribution in [2.75, 3.05) is 26.3 Å². The molecule has 0 saturated heterocycles. The Morgan fingerprint density at radius 2 is 1.88 bits per heavy atom. The fourth-order valence-electron chi connectivity index (χ4n) is 1.44. The van der Waals surface area contributed by atoms with E-state index in [-0.39, 0.29) is 5.91 Å². The van der Waals surface area contributed by atoms with E-state index in [9.17, 15) is 4.79 Å². The van der Waals surface area contributed by atoms with E-state index in [2.05, 4.69) is 24.5 Å². The number of rotatable bonds is 11. The lowest BCUT2D eigenvalue weighted by Gasteiger charge is -2.08. The molecule has 0 aliphatic rings. The van der Waals surface area contributed by atoms with Crippen molar-refractivity contribution in [2.24, 2.45) is 0 Å². The molecule has 0 aliphatic carbocycles. The first-order chi connectivity index (χ1) is 8.16. The largest absolute Gasteiger partial charge is 0.382 e. The molecule has 0 heterocycles. The zero-order chi connectivity index (χ0) is 12.9. The molecule has 0 spiro atoms. The summed E-state index contributed by atoms with van der Waals surface area (Å²) in [5.41, 5.74) is 0. The third kappa shape index (κ3) is 13.3. The zero-order valence-corrected chi connectivity index (χ0v) is 11.6. The Balaban J connectivity index is 3.16. The van der Waals surface area contributed by atoms with Crippen molar-refractivity contribution in [3.05, 3.63) is 0 Å². The molecule has 4 nitrogen and oxygen atoms in total. The van der Waals surface area contributed by atoms with Crippen molar-refractivity contribution in [2.45, 2.75) is 52.5 Å².